The lowest BCUT2D eigenvalue weighted by molar-refractivity contribution is 0.420. The number of allylic oxidation sites excluding steroid dienone is 2. The molecule has 1 N–H and O–H groups in total. The molecule has 2 rings (SSSR count). The third-order valence-corrected chi connectivity index (χ3v) is 3.42. The molecule has 0 aliphatic heterocycles. The molecule has 0 bridgehead atoms. The summed E-state index contributed by atoms with van der Waals surface area (Å²) in [5, 5.41) is 7.89. The van der Waals surface area contributed by atoms with E-state index < -0.39 is 0 Å². The highest BCUT2D eigenvalue weighted by atomic mass is 15.3. The van der Waals surface area contributed by atoms with Crippen molar-refractivity contribution in [2.45, 2.75) is 40.2 Å². The van der Waals surface area contributed by atoms with Gasteiger partial charge in [0.15, 0.2) is 0 Å². The molecule has 1 aliphatic rings. The number of nitrogens with one attached hydrogen (secondary N) is 1. The monoisotopic (exact) mass is 233 g/mol. The highest BCUT2D eigenvalue weighted by molar-refractivity contribution is 5.32. The summed E-state index contributed by atoms with van der Waals surface area (Å²) in [5.41, 5.74) is 1.54. The van der Waals surface area contributed by atoms with Crippen molar-refractivity contribution in [1.29, 1.82) is 0 Å². The van der Waals surface area contributed by atoms with Gasteiger partial charge in [-0.15, -0.1) is 0 Å². The molecule has 3 nitrogen and oxygen atoms in total. The van der Waals surface area contributed by atoms with Crippen LogP contribution in [0.1, 0.15) is 33.6 Å². The van der Waals surface area contributed by atoms with Gasteiger partial charge in [-0.3, -0.25) is 4.68 Å². The first-order valence-electron chi connectivity index (χ1n) is 6.62. The minimum absolute atomic E-state index is 0.726. The standard InChI is InChI=1S/C14H23N3/c1-4-17-6-5-14(16-17)15-10-13-8-11(2)7-12(3)9-13/h5-7,11,13H,4,8-10H2,1-3H3,(H,15,16). The van der Waals surface area contributed by atoms with Crippen molar-refractivity contribution in [2.75, 3.05) is 11.9 Å². The summed E-state index contributed by atoms with van der Waals surface area (Å²) in [5.74, 6) is 2.48. The molecule has 0 aromatic carbocycles. The number of nitrogens with zero attached hydrogens (tertiary/aromatic N) is 2. The van der Waals surface area contributed by atoms with E-state index in [2.05, 4.69) is 43.3 Å². The molecule has 0 spiro atoms. The minimum Gasteiger partial charge on any atom is -0.368 e. The van der Waals surface area contributed by atoms with Crippen LogP contribution in [0, 0.1) is 11.8 Å². The number of aryl methyl sites for hydroxylation is 1. The second-order valence-corrected chi connectivity index (χ2v) is 5.23. The molecule has 3 heteroatoms. The van der Waals surface area contributed by atoms with Crippen LogP contribution in [0.3, 0.4) is 0 Å². The number of anilines is 1. The first-order valence-corrected chi connectivity index (χ1v) is 6.62. The summed E-state index contributed by atoms with van der Waals surface area (Å²) in [6.07, 6.45) is 6.95. The van der Waals surface area contributed by atoms with Crippen LogP contribution in [0.4, 0.5) is 5.82 Å². The van der Waals surface area contributed by atoms with E-state index >= 15 is 0 Å². The number of aromatic nitrogens is 2. The Bertz CT molecular complexity index is 392. The van der Waals surface area contributed by atoms with E-state index in [-0.39, 0.29) is 0 Å². The van der Waals surface area contributed by atoms with E-state index in [1.165, 1.54) is 18.4 Å². The van der Waals surface area contributed by atoms with Gasteiger partial charge in [0.2, 0.25) is 0 Å². The topological polar surface area (TPSA) is 29.9 Å². The Balaban J connectivity index is 1.84. The maximum Gasteiger partial charge on any atom is 0.147 e. The fourth-order valence-electron chi connectivity index (χ4n) is 2.72. The quantitative estimate of drug-likeness (QED) is 0.809. The zero-order valence-electron chi connectivity index (χ0n) is 11.1. The molecular weight excluding hydrogens is 210 g/mol. The lowest BCUT2D eigenvalue weighted by Gasteiger charge is -2.25. The van der Waals surface area contributed by atoms with Crippen molar-refractivity contribution in [3.05, 3.63) is 23.9 Å². The molecule has 2 atom stereocenters. The van der Waals surface area contributed by atoms with Gasteiger partial charge in [-0.25, -0.2) is 0 Å². The van der Waals surface area contributed by atoms with E-state index in [0.29, 0.717) is 0 Å². The third-order valence-electron chi connectivity index (χ3n) is 3.42. The third kappa shape index (κ3) is 3.35. The van der Waals surface area contributed by atoms with Gasteiger partial charge < -0.3 is 5.32 Å². The molecule has 0 radical (unpaired) electrons. The summed E-state index contributed by atoms with van der Waals surface area (Å²) >= 11 is 0. The van der Waals surface area contributed by atoms with E-state index in [4.69, 9.17) is 0 Å². The normalized spacial score (nSPS) is 24.5. The average molecular weight is 233 g/mol. The van der Waals surface area contributed by atoms with Crippen LogP contribution in [-0.2, 0) is 6.54 Å². The van der Waals surface area contributed by atoms with Gasteiger partial charge in [0.25, 0.3) is 0 Å². The first-order chi connectivity index (χ1) is 8.17. The molecule has 17 heavy (non-hydrogen) atoms. The fourth-order valence-corrected chi connectivity index (χ4v) is 2.72. The number of rotatable bonds is 4. The fraction of sp³-hybridized carbons (Fsp3) is 0.643. The zero-order chi connectivity index (χ0) is 12.3. The van der Waals surface area contributed by atoms with Crippen molar-refractivity contribution >= 4 is 5.82 Å². The Hall–Kier alpha value is -1.25. The maximum atomic E-state index is 4.44. The van der Waals surface area contributed by atoms with Crippen LogP contribution in [0.5, 0.6) is 0 Å². The van der Waals surface area contributed by atoms with Crippen LogP contribution in [0.25, 0.3) is 0 Å². The second-order valence-electron chi connectivity index (χ2n) is 5.23. The largest absolute Gasteiger partial charge is 0.368 e. The molecule has 0 amide bonds. The highest BCUT2D eigenvalue weighted by Gasteiger charge is 2.17. The summed E-state index contributed by atoms with van der Waals surface area (Å²) in [4.78, 5) is 0. The molecule has 0 saturated heterocycles. The van der Waals surface area contributed by atoms with Crippen molar-refractivity contribution < 1.29 is 0 Å². The molecule has 1 aromatic rings. The molecule has 2 unspecified atom stereocenters. The minimum atomic E-state index is 0.726. The maximum absolute atomic E-state index is 4.44. The summed E-state index contributed by atoms with van der Waals surface area (Å²) in [6.45, 7) is 8.63. The van der Waals surface area contributed by atoms with E-state index in [9.17, 15) is 0 Å². The van der Waals surface area contributed by atoms with E-state index in [1.54, 1.807) is 0 Å². The number of hydrogen-bond acceptors (Lipinski definition) is 2. The Morgan fingerprint density at radius 1 is 1.53 bits per heavy atom. The van der Waals surface area contributed by atoms with Crippen molar-refractivity contribution in [1.82, 2.24) is 9.78 Å². The number of hydrogen-bond donors (Lipinski definition) is 1. The molecule has 1 heterocycles. The second kappa shape index (κ2) is 5.39. The van der Waals surface area contributed by atoms with Gasteiger partial charge in [0.1, 0.15) is 5.82 Å². The van der Waals surface area contributed by atoms with Gasteiger partial charge in [-0.1, -0.05) is 18.6 Å². The van der Waals surface area contributed by atoms with Crippen LogP contribution in [0.15, 0.2) is 23.9 Å². The van der Waals surface area contributed by atoms with Gasteiger partial charge >= 0.3 is 0 Å². The molecular formula is C14H23N3. The Labute approximate surface area is 104 Å². The van der Waals surface area contributed by atoms with Crippen molar-refractivity contribution in [2.24, 2.45) is 11.8 Å². The summed E-state index contributed by atoms with van der Waals surface area (Å²) in [7, 11) is 0. The lowest BCUT2D eigenvalue weighted by atomic mass is 9.84. The summed E-state index contributed by atoms with van der Waals surface area (Å²) in [6, 6.07) is 2.05. The van der Waals surface area contributed by atoms with Gasteiger partial charge in [0.05, 0.1) is 0 Å². The molecule has 0 fully saturated rings. The van der Waals surface area contributed by atoms with Gasteiger partial charge in [-0.05, 0) is 38.5 Å². The van der Waals surface area contributed by atoms with Crippen LogP contribution < -0.4 is 5.32 Å². The zero-order valence-corrected chi connectivity index (χ0v) is 11.1. The average Bonchev–Trinajstić information content (AvgIpc) is 2.73. The Morgan fingerprint density at radius 2 is 2.35 bits per heavy atom. The molecule has 94 valence electrons. The van der Waals surface area contributed by atoms with E-state index in [1.807, 2.05) is 10.9 Å². The molecule has 0 saturated carbocycles. The summed E-state index contributed by atoms with van der Waals surface area (Å²) < 4.78 is 1.96. The van der Waals surface area contributed by atoms with Crippen LogP contribution in [-0.4, -0.2) is 16.3 Å². The molecule has 1 aromatic heterocycles. The smallest absolute Gasteiger partial charge is 0.147 e. The van der Waals surface area contributed by atoms with Crippen molar-refractivity contribution in [3.63, 3.8) is 0 Å². The van der Waals surface area contributed by atoms with Gasteiger partial charge in [-0.2, -0.15) is 5.10 Å². The highest BCUT2D eigenvalue weighted by Crippen LogP contribution is 2.27. The lowest BCUT2D eigenvalue weighted by Crippen LogP contribution is -2.20. The SMILES string of the molecule is CCn1ccc(NCC2CC(C)=CC(C)C2)n1. The Morgan fingerprint density at radius 3 is 3.00 bits per heavy atom. The van der Waals surface area contributed by atoms with Gasteiger partial charge in [0, 0.05) is 25.4 Å². The Kier molecular flexibility index (Phi) is 3.87. The predicted molar refractivity (Wildman–Crippen MR) is 72.0 cm³/mol. The van der Waals surface area contributed by atoms with Crippen LogP contribution in [0.2, 0.25) is 0 Å². The van der Waals surface area contributed by atoms with E-state index in [0.717, 1.165) is 30.7 Å². The van der Waals surface area contributed by atoms with Crippen molar-refractivity contribution in [3.8, 4) is 0 Å². The molecule has 1 aliphatic carbocycles. The first kappa shape index (κ1) is 12.2. The predicted octanol–water partition coefficient (Wildman–Crippen LogP) is 3.31. The van der Waals surface area contributed by atoms with Crippen LogP contribution >= 0.6 is 0 Å².